The summed E-state index contributed by atoms with van der Waals surface area (Å²) in [5.74, 6) is -1.56. The Kier molecular flexibility index (Phi) is 5.63. The molecule has 1 aromatic heterocycles. The number of anilines is 2. The highest BCUT2D eigenvalue weighted by molar-refractivity contribution is 6.05. The molecule has 1 aliphatic heterocycles. The number of nitrogens with zero attached hydrogens (tertiary/aromatic N) is 3. The van der Waals surface area contributed by atoms with E-state index in [1.165, 1.54) is 6.07 Å². The zero-order valence-electron chi connectivity index (χ0n) is 17.1. The number of piperazine rings is 1. The van der Waals surface area contributed by atoms with Crippen LogP contribution in [0.2, 0.25) is 0 Å². The van der Waals surface area contributed by atoms with Gasteiger partial charge < -0.3 is 15.1 Å². The van der Waals surface area contributed by atoms with Crippen molar-refractivity contribution < 1.29 is 13.6 Å². The summed E-state index contributed by atoms with van der Waals surface area (Å²) in [7, 11) is 0. The van der Waals surface area contributed by atoms with Crippen molar-refractivity contribution in [2.24, 2.45) is 0 Å². The van der Waals surface area contributed by atoms with Crippen molar-refractivity contribution >= 4 is 28.3 Å². The van der Waals surface area contributed by atoms with E-state index in [-0.39, 0.29) is 5.56 Å². The minimum Gasteiger partial charge on any atom is -0.354 e. The molecule has 7 heteroatoms. The number of pyridine rings is 1. The van der Waals surface area contributed by atoms with Gasteiger partial charge in [0.05, 0.1) is 5.52 Å². The number of fused-ring (bicyclic) bond motifs is 1. The number of rotatable bonds is 4. The standard InChI is InChI=1S/C23H24F2N4O/c1-3-28-8-10-29(11-9-28)22-12-15(2)18-14-17(5-7-21(18)27-22)26-23(30)16-4-6-19(24)20(25)13-16/h4-7,12-14H,3,8-11H2,1-2H3,(H,26,30). The molecule has 3 aromatic rings. The Balaban J connectivity index is 1.55. The molecular weight excluding hydrogens is 386 g/mol. The van der Waals surface area contributed by atoms with E-state index < -0.39 is 17.5 Å². The zero-order valence-corrected chi connectivity index (χ0v) is 17.1. The number of aryl methyl sites for hydroxylation is 1. The highest BCUT2D eigenvalue weighted by atomic mass is 19.2. The Morgan fingerprint density at radius 2 is 1.80 bits per heavy atom. The zero-order chi connectivity index (χ0) is 21.3. The van der Waals surface area contributed by atoms with Gasteiger partial charge in [-0.15, -0.1) is 0 Å². The first-order valence-corrected chi connectivity index (χ1v) is 10.1. The quantitative estimate of drug-likeness (QED) is 0.700. The van der Waals surface area contributed by atoms with Crippen LogP contribution in [0.4, 0.5) is 20.3 Å². The average molecular weight is 410 g/mol. The van der Waals surface area contributed by atoms with Gasteiger partial charge in [0, 0.05) is 42.8 Å². The molecule has 1 amide bonds. The third-order valence-electron chi connectivity index (χ3n) is 5.59. The van der Waals surface area contributed by atoms with E-state index in [0.717, 1.165) is 67.1 Å². The molecule has 5 nitrogen and oxygen atoms in total. The van der Waals surface area contributed by atoms with E-state index >= 15 is 0 Å². The summed E-state index contributed by atoms with van der Waals surface area (Å²) in [5.41, 5.74) is 2.56. The molecule has 0 spiro atoms. The molecule has 0 unspecified atom stereocenters. The fraction of sp³-hybridized carbons (Fsp3) is 0.304. The summed E-state index contributed by atoms with van der Waals surface area (Å²) in [6.45, 7) is 9.24. The molecule has 0 atom stereocenters. The van der Waals surface area contributed by atoms with Crippen molar-refractivity contribution in [2.45, 2.75) is 13.8 Å². The van der Waals surface area contributed by atoms with Gasteiger partial charge in [0.25, 0.3) is 5.91 Å². The summed E-state index contributed by atoms with van der Waals surface area (Å²) in [4.78, 5) is 21.9. The van der Waals surface area contributed by atoms with E-state index in [4.69, 9.17) is 4.98 Å². The largest absolute Gasteiger partial charge is 0.354 e. The molecule has 2 heterocycles. The first-order chi connectivity index (χ1) is 14.4. The maximum absolute atomic E-state index is 13.4. The van der Waals surface area contributed by atoms with Crippen molar-refractivity contribution in [1.82, 2.24) is 9.88 Å². The van der Waals surface area contributed by atoms with Crippen LogP contribution in [0.15, 0.2) is 42.5 Å². The fourth-order valence-electron chi connectivity index (χ4n) is 3.75. The van der Waals surface area contributed by atoms with Crippen LogP contribution in [-0.2, 0) is 0 Å². The Bertz CT molecular complexity index is 1090. The number of aromatic nitrogens is 1. The van der Waals surface area contributed by atoms with Crippen molar-refractivity contribution in [3.05, 3.63) is 65.2 Å². The van der Waals surface area contributed by atoms with Gasteiger partial charge in [-0.25, -0.2) is 13.8 Å². The number of nitrogens with one attached hydrogen (secondary N) is 1. The summed E-state index contributed by atoms with van der Waals surface area (Å²) in [6.07, 6.45) is 0. The van der Waals surface area contributed by atoms with Crippen molar-refractivity contribution in [3.8, 4) is 0 Å². The van der Waals surface area contributed by atoms with Crippen LogP contribution in [0.5, 0.6) is 0 Å². The van der Waals surface area contributed by atoms with Crippen molar-refractivity contribution in [3.63, 3.8) is 0 Å². The number of benzene rings is 2. The van der Waals surface area contributed by atoms with Crippen molar-refractivity contribution in [1.29, 1.82) is 0 Å². The highest BCUT2D eigenvalue weighted by Crippen LogP contribution is 2.26. The van der Waals surface area contributed by atoms with Crippen LogP contribution in [0.1, 0.15) is 22.8 Å². The lowest BCUT2D eigenvalue weighted by molar-refractivity contribution is 0.102. The molecule has 1 saturated heterocycles. The van der Waals surface area contributed by atoms with Crippen LogP contribution < -0.4 is 10.2 Å². The minimum absolute atomic E-state index is 0.0606. The van der Waals surface area contributed by atoms with Gasteiger partial charge >= 0.3 is 0 Å². The lowest BCUT2D eigenvalue weighted by Crippen LogP contribution is -2.46. The number of likely N-dealkylation sites (N-methyl/N-ethyl adjacent to an activating group) is 1. The highest BCUT2D eigenvalue weighted by Gasteiger charge is 2.18. The molecular formula is C23H24F2N4O. The molecule has 2 aromatic carbocycles. The molecule has 30 heavy (non-hydrogen) atoms. The van der Waals surface area contributed by atoms with Gasteiger partial charge in [0.15, 0.2) is 11.6 Å². The van der Waals surface area contributed by atoms with E-state index in [1.807, 2.05) is 19.1 Å². The number of carbonyl (C=O) groups excluding carboxylic acids is 1. The molecule has 0 saturated carbocycles. The fourth-order valence-corrected chi connectivity index (χ4v) is 3.75. The van der Waals surface area contributed by atoms with E-state index in [2.05, 4.69) is 28.1 Å². The minimum atomic E-state index is -1.05. The first kappa shape index (κ1) is 20.2. The molecule has 156 valence electrons. The molecule has 1 N–H and O–H groups in total. The topological polar surface area (TPSA) is 48.5 Å². The van der Waals surface area contributed by atoms with Crippen LogP contribution in [0.3, 0.4) is 0 Å². The summed E-state index contributed by atoms with van der Waals surface area (Å²) >= 11 is 0. The van der Waals surface area contributed by atoms with Gasteiger partial charge in [-0.05, 0) is 61.5 Å². The van der Waals surface area contributed by atoms with Gasteiger partial charge in [-0.2, -0.15) is 0 Å². The molecule has 4 rings (SSSR count). The van der Waals surface area contributed by atoms with Crippen LogP contribution >= 0.6 is 0 Å². The monoisotopic (exact) mass is 410 g/mol. The number of hydrogen-bond acceptors (Lipinski definition) is 4. The second-order valence-electron chi connectivity index (χ2n) is 7.53. The predicted octanol–water partition coefficient (Wildman–Crippen LogP) is 4.22. The molecule has 0 radical (unpaired) electrons. The second-order valence-corrected chi connectivity index (χ2v) is 7.53. The van der Waals surface area contributed by atoms with E-state index in [1.54, 1.807) is 6.07 Å². The SMILES string of the molecule is CCN1CCN(c2cc(C)c3cc(NC(=O)c4ccc(F)c(F)c4)ccc3n2)CC1. The predicted molar refractivity (Wildman–Crippen MR) is 115 cm³/mol. The van der Waals surface area contributed by atoms with Crippen LogP contribution in [-0.4, -0.2) is 48.5 Å². The average Bonchev–Trinajstić information content (AvgIpc) is 2.76. The molecule has 1 aliphatic rings. The Morgan fingerprint density at radius 1 is 1.03 bits per heavy atom. The Hall–Kier alpha value is -3.06. The summed E-state index contributed by atoms with van der Waals surface area (Å²) in [5, 5.41) is 3.68. The van der Waals surface area contributed by atoms with Crippen molar-refractivity contribution in [2.75, 3.05) is 42.9 Å². The first-order valence-electron chi connectivity index (χ1n) is 10.1. The third kappa shape index (κ3) is 4.11. The van der Waals surface area contributed by atoms with Gasteiger partial charge in [-0.3, -0.25) is 4.79 Å². The summed E-state index contributed by atoms with van der Waals surface area (Å²) < 4.78 is 26.5. The maximum Gasteiger partial charge on any atom is 0.255 e. The lowest BCUT2D eigenvalue weighted by atomic mass is 10.1. The number of halogens is 2. The molecule has 0 aliphatic carbocycles. The number of amides is 1. The number of hydrogen-bond donors (Lipinski definition) is 1. The Morgan fingerprint density at radius 3 is 2.50 bits per heavy atom. The maximum atomic E-state index is 13.4. The normalized spacial score (nSPS) is 14.9. The molecule has 0 bridgehead atoms. The van der Waals surface area contributed by atoms with Gasteiger partial charge in [0.1, 0.15) is 5.82 Å². The lowest BCUT2D eigenvalue weighted by Gasteiger charge is -2.35. The van der Waals surface area contributed by atoms with E-state index in [0.29, 0.717) is 5.69 Å². The third-order valence-corrected chi connectivity index (χ3v) is 5.59. The van der Waals surface area contributed by atoms with Crippen LogP contribution in [0, 0.1) is 18.6 Å². The second kappa shape index (κ2) is 8.36. The van der Waals surface area contributed by atoms with Gasteiger partial charge in [-0.1, -0.05) is 6.92 Å². The van der Waals surface area contributed by atoms with E-state index in [9.17, 15) is 13.6 Å². The molecule has 1 fully saturated rings. The van der Waals surface area contributed by atoms with Crippen LogP contribution in [0.25, 0.3) is 10.9 Å². The van der Waals surface area contributed by atoms with Gasteiger partial charge in [0.2, 0.25) is 0 Å². The summed E-state index contributed by atoms with van der Waals surface area (Å²) in [6, 6.07) is 10.7. The Labute approximate surface area is 174 Å². The number of carbonyl (C=O) groups is 1. The smallest absolute Gasteiger partial charge is 0.255 e.